The minimum absolute atomic E-state index is 0.0232. The summed E-state index contributed by atoms with van der Waals surface area (Å²) in [6.07, 6.45) is 0.852. The predicted octanol–water partition coefficient (Wildman–Crippen LogP) is 5.93. The first-order chi connectivity index (χ1) is 17.9. The molecule has 2 heterocycles. The van der Waals surface area contributed by atoms with Gasteiger partial charge in [0.05, 0.1) is 32.7 Å². The average Bonchev–Trinajstić information content (AvgIpc) is 3.31. The fourth-order valence-corrected chi connectivity index (χ4v) is 4.70. The molecule has 1 aliphatic rings. The number of methoxy groups -OCH3 is 2. The molecule has 8 nitrogen and oxygen atoms in total. The Morgan fingerprint density at radius 3 is 2.27 bits per heavy atom. The van der Waals surface area contributed by atoms with Gasteiger partial charge in [-0.3, -0.25) is 10.1 Å². The van der Waals surface area contributed by atoms with Crippen LogP contribution in [0, 0.1) is 0 Å². The Morgan fingerprint density at radius 2 is 1.62 bits per heavy atom. The summed E-state index contributed by atoms with van der Waals surface area (Å²) in [6, 6.07) is 20.7. The molecule has 2 atom stereocenters. The smallest absolute Gasteiger partial charge is 0.250 e. The van der Waals surface area contributed by atoms with Crippen LogP contribution in [0.1, 0.15) is 35.2 Å². The Hall–Kier alpha value is -3.75. The Morgan fingerprint density at radius 1 is 0.973 bits per heavy atom. The zero-order chi connectivity index (χ0) is 25.9. The maximum atomic E-state index is 12.8. The van der Waals surface area contributed by atoms with E-state index in [9.17, 15) is 4.79 Å². The molecule has 0 unspecified atom stereocenters. The summed E-state index contributed by atoms with van der Waals surface area (Å²) in [5.41, 5.74) is 2.90. The fraction of sp³-hybridized carbons (Fsp3) is 0.222. The number of ether oxygens (including phenoxy) is 2. The molecule has 4 aromatic rings. The summed E-state index contributed by atoms with van der Waals surface area (Å²) in [4.78, 5) is 17.4. The monoisotopic (exact) mass is 537 g/mol. The lowest BCUT2D eigenvalue weighted by Gasteiger charge is -2.31. The summed E-state index contributed by atoms with van der Waals surface area (Å²) in [5.74, 6) is 1.71. The van der Waals surface area contributed by atoms with Crippen LogP contribution in [0.5, 0.6) is 11.5 Å². The van der Waals surface area contributed by atoms with Crippen LogP contribution in [0.2, 0.25) is 10.0 Å². The second-order valence-electron chi connectivity index (χ2n) is 8.67. The van der Waals surface area contributed by atoms with Crippen molar-refractivity contribution in [2.45, 2.75) is 24.9 Å². The number of benzene rings is 3. The number of halogens is 2. The minimum Gasteiger partial charge on any atom is -0.493 e. The maximum Gasteiger partial charge on any atom is 0.250 e. The molecule has 1 aromatic heterocycles. The number of anilines is 2. The standard InChI is InChI=1S/C27H25Cl2N5O3/c1-36-23-12-3-16(13-24(23)37-2)14-25(35)31-26-32-27-30-21(17-4-8-19(28)9-5-17)15-22(34(27)33-26)18-6-10-20(29)11-7-18/h3-13,21-22H,14-15H2,1-2H3,(H2,30,31,32,33,35)/t21-,22-/m1/s1. The van der Waals surface area contributed by atoms with E-state index in [1.807, 2.05) is 59.3 Å². The molecule has 37 heavy (non-hydrogen) atoms. The first-order valence-electron chi connectivity index (χ1n) is 11.7. The molecule has 0 saturated heterocycles. The minimum atomic E-state index is -0.243. The molecule has 0 aliphatic carbocycles. The average molecular weight is 538 g/mol. The van der Waals surface area contributed by atoms with E-state index in [0.717, 1.165) is 23.1 Å². The summed E-state index contributed by atoms with van der Waals surface area (Å²) >= 11 is 12.2. The van der Waals surface area contributed by atoms with E-state index >= 15 is 0 Å². The van der Waals surface area contributed by atoms with Gasteiger partial charge >= 0.3 is 0 Å². The van der Waals surface area contributed by atoms with E-state index in [1.54, 1.807) is 26.4 Å². The highest BCUT2D eigenvalue weighted by molar-refractivity contribution is 6.30. The number of carbonyl (C=O) groups excluding carboxylic acids is 1. The van der Waals surface area contributed by atoms with Crippen molar-refractivity contribution in [2.75, 3.05) is 24.9 Å². The summed E-state index contributed by atoms with van der Waals surface area (Å²) in [6.45, 7) is 0. The third kappa shape index (κ3) is 5.50. The van der Waals surface area contributed by atoms with Gasteiger partial charge in [0, 0.05) is 10.0 Å². The second kappa shape index (κ2) is 10.7. The molecule has 3 aromatic carbocycles. The molecule has 0 bridgehead atoms. The molecule has 10 heteroatoms. The number of carbonyl (C=O) groups is 1. The number of nitrogens with zero attached hydrogens (tertiary/aromatic N) is 3. The zero-order valence-electron chi connectivity index (χ0n) is 20.2. The van der Waals surface area contributed by atoms with Gasteiger partial charge in [-0.25, -0.2) is 4.68 Å². The van der Waals surface area contributed by atoms with Crippen molar-refractivity contribution < 1.29 is 14.3 Å². The van der Waals surface area contributed by atoms with Gasteiger partial charge in [0.1, 0.15) is 0 Å². The summed E-state index contributed by atoms with van der Waals surface area (Å²) < 4.78 is 12.4. The predicted molar refractivity (Wildman–Crippen MR) is 144 cm³/mol. The molecule has 0 radical (unpaired) electrons. The number of rotatable bonds is 7. The molecule has 0 fully saturated rings. The highest BCUT2D eigenvalue weighted by atomic mass is 35.5. The van der Waals surface area contributed by atoms with Crippen molar-refractivity contribution in [2.24, 2.45) is 0 Å². The molecule has 0 saturated carbocycles. The molecule has 1 aliphatic heterocycles. The van der Waals surface area contributed by atoms with Crippen LogP contribution in [0.4, 0.5) is 11.9 Å². The van der Waals surface area contributed by atoms with Crippen molar-refractivity contribution in [1.29, 1.82) is 0 Å². The highest BCUT2D eigenvalue weighted by Gasteiger charge is 2.31. The van der Waals surface area contributed by atoms with E-state index in [1.165, 1.54) is 0 Å². The third-order valence-electron chi connectivity index (χ3n) is 6.28. The van der Waals surface area contributed by atoms with E-state index < -0.39 is 0 Å². The van der Waals surface area contributed by atoms with E-state index in [0.29, 0.717) is 27.5 Å². The third-order valence-corrected chi connectivity index (χ3v) is 6.78. The summed E-state index contributed by atoms with van der Waals surface area (Å²) in [5, 5.41) is 12.2. The lowest BCUT2D eigenvalue weighted by Crippen LogP contribution is -2.28. The Kier molecular flexibility index (Phi) is 7.21. The molecule has 5 rings (SSSR count). The van der Waals surface area contributed by atoms with E-state index in [2.05, 4.69) is 20.7 Å². The van der Waals surface area contributed by atoms with Crippen molar-refractivity contribution in [1.82, 2.24) is 14.8 Å². The maximum absolute atomic E-state index is 12.8. The fourth-order valence-electron chi connectivity index (χ4n) is 4.45. The van der Waals surface area contributed by atoms with Crippen LogP contribution in [0.15, 0.2) is 66.7 Å². The van der Waals surface area contributed by atoms with E-state index in [-0.39, 0.29) is 30.4 Å². The summed E-state index contributed by atoms with van der Waals surface area (Å²) in [7, 11) is 3.13. The molecule has 1 amide bonds. The van der Waals surface area contributed by atoms with Crippen molar-refractivity contribution in [3.8, 4) is 11.5 Å². The van der Waals surface area contributed by atoms with Gasteiger partial charge in [0.2, 0.25) is 11.9 Å². The van der Waals surface area contributed by atoms with Gasteiger partial charge < -0.3 is 14.8 Å². The lowest BCUT2D eigenvalue weighted by atomic mass is 9.93. The van der Waals surface area contributed by atoms with Crippen LogP contribution >= 0.6 is 23.2 Å². The zero-order valence-corrected chi connectivity index (χ0v) is 21.8. The largest absolute Gasteiger partial charge is 0.493 e. The van der Waals surface area contributed by atoms with Crippen LogP contribution in [0.3, 0.4) is 0 Å². The number of hydrogen-bond donors (Lipinski definition) is 2. The van der Waals surface area contributed by atoms with Crippen molar-refractivity contribution in [3.63, 3.8) is 0 Å². The van der Waals surface area contributed by atoms with Gasteiger partial charge in [-0.05, 0) is 59.5 Å². The quantitative estimate of drug-likeness (QED) is 0.303. The van der Waals surface area contributed by atoms with Gasteiger partial charge in [0.15, 0.2) is 11.5 Å². The van der Waals surface area contributed by atoms with Crippen LogP contribution < -0.4 is 20.1 Å². The van der Waals surface area contributed by atoms with Crippen LogP contribution in [-0.4, -0.2) is 34.9 Å². The van der Waals surface area contributed by atoms with Crippen molar-refractivity contribution >= 4 is 41.0 Å². The van der Waals surface area contributed by atoms with Crippen LogP contribution in [-0.2, 0) is 11.2 Å². The van der Waals surface area contributed by atoms with Gasteiger partial charge in [0.25, 0.3) is 5.95 Å². The molecular weight excluding hydrogens is 513 g/mol. The number of nitrogens with one attached hydrogen (secondary N) is 2. The molecule has 2 N–H and O–H groups in total. The van der Waals surface area contributed by atoms with Gasteiger partial charge in [-0.1, -0.05) is 53.5 Å². The van der Waals surface area contributed by atoms with Crippen molar-refractivity contribution in [3.05, 3.63) is 93.5 Å². The Labute approximate surface area is 224 Å². The topological polar surface area (TPSA) is 90.3 Å². The Balaban J connectivity index is 1.39. The number of hydrogen-bond acceptors (Lipinski definition) is 6. The van der Waals surface area contributed by atoms with Gasteiger partial charge in [-0.2, -0.15) is 4.98 Å². The number of fused-ring (bicyclic) bond motifs is 1. The first kappa shape index (κ1) is 24.9. The van der Waals surface area contributed by atoms with Gasteiger partial charge in [-0.15, -0.1) is 5.10 Å². The SMILES string of the molecule is COc1ccc(CC(=O)Nc2nc3n(n2)[C@@H](c2ccc(Cl)cc2)C[C@H](c2ccc(Cl)cc2)N3)cc1OC. The number of aromatic nitrogens is 3. The molecule has 0 spiro atoms. The molecular formula is C27H25Cl2N5O3. The van der Waals surface area contributed by atoms with E-state index in [4.69, 9.17) is 32.7 Å². The lowest BCUT2D eigenvalue weighted by molar-refractivity contribution is -0.115. The first-order valence-corrected chi connectivity index (χ1v) is 12.4. The molecule has 190 valence electrons. The Bertz CT molecular complexity index is 1410. The second-order valence-corrected chi connectivity index (χ2v) is 9.54. The normalized spacial score (nSPS) is 16.4. The number of amides is 1. The van der Waals surface area contributed by atoms with Crippen LogP contribution in [0.25, 0.3) is 0 Å². The highest BCUT2D eigenvalue weighted by Crippen LogP contribution is 2.38.